The first-order chi connectivity index (χ1) is 4.04. The van der Waals surface area contributed by atoms with Gasteiger partial charge in [0.1, 0.15) is 0 Å². The molecule has 0 saturated heterocycles. The van der Waals surface area contributed by atoms with Gasteiger partial charge in [-0.2, -0.15) is 20.3 Å². The summed E-state index contributed by atoms with van der Waals surface area (Å²) in [5.74, 6) is 2.56. The third kappa shape index (κ3) is 1.47. The maximum Gasteiger partial charge on any atom is -0.0408 e. The van der Waals surface area contributed by atoms with Gasteiger partial charge < -0.3 is 5.92 Å². The zero-order valence-electron chi connectivity index (χ0n) is 6.99. The van der Waals surface area contributed by atoms with Crippen molar-refractivity contribution in [2.75, 3.05) is 0 Å². The molecule has 0 spiro atoms. The normalized spacial score (nSPS) is 41.7. The van der Waals surface area contributed by atoms with Gasteiger partial charge in [-0.05, 0) is 12.3 Å². The molecule has 1 rings (SSSR count). The second-order valence-electron chi connectivity index (χ2n) is 4.14. The van der Waals surface area contributed by atoms with Gasteiger partial charge in [-0.1, -0.05) is 19.3 Å². The predicted molar refractivity (Wildman–Crippen MR) is 41.1 cm³/mol. The third-order valence-corrected chi connectivity index (χ3v) is 2.56. The molecular formula is C9H17-. The van der Waals surface area contributed by atoms with E-state index in [4.69, 9.17) is 0 Å². The van der Waals surface area contributed by atoms with Crippen LogP contribution in [0.15, 0.2) is 0 Å². The van der Waals surface area contributed by atoms with E-state index >= 15 is 0 Å². The van der Waals surface area contributed by atoms with Crippen molar-refractivity contribution in [3.63, 3.8) is 0 Å². The topological polar surface area (TPSA) is 0 Å². The monoisotopic (exact) mass is 125 g/mol. The molecule has 0 radical (unpaired) electrons. The Balaban J connectivity index is 2.29. The summed E-state index contributed by atoms with van der Waals surface area (Å²) >= 11 is 0. The van der Waals surface area contributed by atoms with Crippen molar-refractivity contribution >= 4 is 0 Å². The average Bonchev–Trinajstić information content (AvgIpc) is 2.10. The first kappa shape index (κ1) is 7.11. The molecule has 0 aromatic carbocycles. The van der Waals surface area contributed by atoms with Gasteiger partial charge in [-0.3, -0.25) is 0 Å². The zero-order chi connectivity index (χ0) is 7.07. The van der Waals surface area contributed by atoms with Crippen molar-refractivity contribution in [2.45, 2.75) is 40.5 Å². The zero-order valence-corrected chi connectivity index (χ0v) is 6.99. The molecule has 1 aliphatic carbocycles. The van der Waals surface area contributed by atoms with Crippen LogP contribution in [0.4, 0.5) is 0 Å². The van der Waals surface area contributed by atoms with Crippen molar-refractivity contribution in [3.05, 3.63) is 5.92 Å². The molecule has 1 saturated carbocycles. The molecular weight excluding hydrogens is 108 g/mol. The molecule has 0 N–H and O–H groups in total. The molecule has 0 nitrogen and oxygen atoms in total. The van der Waals surface area contributed by atoms with Gasteiger partial charge in [0.2, 0.25) is 0 Å². The minimum absolute atomic E-state index is 0.693. The number of hydrogen-bond acceptors (Lipinski definition) is 0. The first-order valence-corrected chi connectivity index (χ1v) is 3.83. The third-order valence-electron chi connectivity index (χ3n) is 2.56. The lowest BCUT2D eigenvalue weighted by molar-refractivity contribution is 0.487. The van der Waals surface area contributed by atoms with Crippen molar-refractivity contribution in [1.82, 2.24) is 0 Å². The van der Waals surface area contributed by atoms with Crippen LogP contribution < -0.4 is 0 Å². The Morgan fingerprint density at radius 2 is 2.00 bits per heavy atom. The van der Waals surface area contributed by atoms with Gasteiger partial charge in [0.25, 0.3) is 0 Å². The Bertz CT molecular complexity index is 105. The Labute approximate surface area is 58.7 Å². The summed E-state index contributed by atoms with van der Waals surface area (Å²) < 4.78 is 0. The summed E-state index contributed by atoms with van der Waals surface area (Å²) in [6, 6.07) is 0. The van der Waals surface area contributed by atoms with Gasteiger partial charge in [-0.25, -0.2) is 0 Å². The summed E-state index contributed by atoms with van der Waals surface area (Å²) in [6.45, 7) is 9.21. The van der Waals surface area contributed by atoms with Crippen LogP contribution in [-0.2, 0) is 0 Å². The maximum absolute atomic E-state index is 2.39. The first-order valence-electron chi connectivity index (χ1n) is 3.83. The second-order valence-corrected chi connectivity index (χ2v) is 4.14. The summed E-state index contributed by atoms with van der Waals surface area (Å²) in [6.07, 6.45) is 2.78. The van der Waals surface area contributed by atoms with Gasteiger partial charge in [-0.15, -0.1) is 0 Å². The van der Waals surface area contributed by atoms with Crippen molar-refractivity contribution < 1.29 is 0 Å². The van der Waals surface area contributed by atoms with Gasteiger partial charge >= 0.3 is 0 Å². The molecule has 0 aromatic heterocycles. The SMILES string of the molecule is C[C-](C)CC1(C)CC1C. The van der Waals surface area contributed by atoms with Crippen LogP contribution >= 0.6 is 0 Å². The van der Waals surface area contributed by atoms with E-state index in [0.717, 1.165) is 5.92 Å². The van der Waals surface area contributed by atoms with Gasteiger partial charge in [0.05, 0.1) is 0 Å². The van der Waals surface area contributed by atoms with Crippen LogP contribution in [-0.4, -0.2) is 0 Å². The highest BCUT2D eigenvalue weighted by molar-refractivity contribution is 5.01. The molecule has 0 bridgehead atoms. The van der Waals surface area contributed by atoms with E-state index in [9.17, 15) is 0 Å². The Hall–Kier alpha value is 0. The highest BCUT2D eigenvalue weighted by atomic mass is 14.5. The minimum atomic E-state index is 0.693. The fourth-order valence-corrected chi connectivity index (χ4v) is 1.69. The van der Waals surface area contributed by atoms with Crippen LogP contribution in [0.1, 0.15) is 40.5 Å². The summed E-state index contributed by atoms with van der Waals surface area (Å²) in [5, 5.41) is 0. The van der Waals surface area contributed by atoms with Crippen molar-refractivity contribution in [1.29, 1.82) is 0 Å². The Morgan fingerprint density at radius 1 is 1.56 bits per heavy atom. The molecule has 0 aliphatic heterocycles. The lowest BCUT2D eigenvalue weighted by Crippen LogP contribution is -1.99. The average molecular weight is 125 g/mol. The van der Waals surface area contributed by atoms with E-state index in [1.54, 1.807) is 5.92 Å². The largest absolute Gasteiger partial charge is 0.319 e. The molecule has 2 unspecified atom stereocenters. The van der Waals surface area contributed by atoms with Crippen LogP contribution in [0.2, 0.25) is 0 Å². The number of rotatable bonds is 2. The van der Waals surface area contributed by atoms with E-state index in [2.05, 4.69) is 27.7 Å². The van der Waals surface area contributed by atoms with E-state index in [-0.39, 0.29) is 0 Å². The molecule has 0 heterocycles. The van der Waals surface area contributed by atoms with E-state index < -0.39 is 0 Å². The predicted octanol–water partition coefficient (Wildman–Crippen LogP) is 3.04. The fraction of sp³-hybridized carbons (Fsp3) is 0.889. The van der Waals surface area contributed by atoms with E-state index in [0.29, 0.717) is 5.41 Å². The van der Waals surface area contributed by atoms with Crippen LogP contribution in [0.25, 0.3) is 0 Å². The van der Waals surface area contributed by atoms with Crippen LogP contribution in [0, 0.1) is 17.3 Å². The molecule has 1 fully saturated rings. The fourth-order valence-electron chi connectivity index (χ4n) is 1.69. The molecule has 9 heavy (non-hydrogen) atoms. The lowest BCUT2D eigenvalue weighted by atomic mass is 9.94. The summed E-state index contributed by atoms with van der Waals surface area (Å²) in [5.41, 5.74) is 0.693. The maximum atomic E-state index is 2.39. The van der Waals surface area contributed by atoms with Crippen LogP contribution in [0.5, 0.6) is 0 Å². The van der Waals surface area contributed by atoms with Crippen molar-refractivity contribution in [3.8, 4) is 0 Å². The quantitative estimate of drug-likeness (QED) is 0.498. The Morgan fingerprint density at radius 3 is 2.11 bits per heavy atom. The highest BCUT2D eigenvalue weighted by Gasteiger charge is 2.43. The summed E-state index contributed by atoms with van der Waals surface area (Å²) in [7, 11) is 0. The standard InChI is InChI=1S/C9H17/c1-7(2)5-9(4)6-8(9)3/h8H,5-6H2,1-4H3/q-1. The molecule has 0 heteroatoms. The molecule has 54 valence electrons. The second kappa shape index (κ2) is 2.00. The van der Waals surface area contributed by atoms with E-state index in [1.165, 1.54) is 12.8 Å². The molecule has 0 aromatic rings. The van der Waals surface area contributed by atoms with Gasteiger partial charge in [0, 0.05) is 0 Å². The van der Waals surface area contributed by atoms with Gasteiger partial charge in [0.15, 0.2) is 0 Å². The molecule has 2 atom stereocenters. The summed E-state index contributed by atoms with van der Waals surface area (Å²) in [4.78, 5) is 0. The van der Waals surface area contributed by atoms with Crippen molar-refractivity contribution in [2.24, 2.45) is 11.3 Å². The minimum Gasteiger partial charge on any atom is -0.319 e. The highest BCUT2D eigenvalue weighted by Crippen LogP contribution is 2.55. The Kier molecular flexibility index (Phi) is 1.58. The number of hydrogen-bond donors (Lipinski definition) is 0. The smallest absolute Gasteiger partial charge is 0.0408 e. The lowest BCUT2D eigenvalue weighted by Gasteiger charge is -2.23. The molecule has 1 aliphatic rings. The van der Waals surface area contributed by atoms with E-state index in [1.807, 2.05) is 0 Å². The van der Waals surface area contributed by atoms with Crippen LogP contribution in [0.3, 0.4) is 0 Å². The molecule has 0 amide bonds.